The van der Waals surface area contributed by atoms with E-state index < -0.39 is 6.67 Å². The van der Waals surface area contributed by atoms with E-state index in [0.717, 1.165) is 33.5 Å². The van der Waals surface area contributed by atoms with Crippen molar-refractivity contribution in [2.24, 2.45) is 0 Å². The van der Waals surface area contributed by atoms with Gasteiger partial charge in [-0.1, -0.05) is 12.1 Å². The molecule has 4 nitrogen and oxygen atoms in total. The van der Waals surface area contributed by atoms with E-state index in [2.05, 4.69) is 4.98 Å². The first-order valence-electron chi connectivity index (χ1n) is 7.71. The summed E-state index contributed by atoms with van der Waals surface area (Å²) in [5.74, 6) is 0.643. The van der Waals surface area contributed by atoms with E-state index >= 15 is 0 Å². The minimum absolute atomic E-state index is 0.0591. The zero-order valence-corrected chi connectivity index (χ0v) is 12.9. The van der Waals surface area contributed by atoms with Gasteiger partial charge in [0, 0.05) is 18.0 Å². The fraction of sp³-hybridized carbons (Fsp3) is 0.105. The van der Waals surface area contributed by atoms with Gasteiger partial charge in [-0.15, -0.1) is 0 Å². The molecule has 4 rings (SSSR count). The molecule has 0 unspecified atom stereocenters. The molecule has 4 aromatic rings. The summed E-state index contributed by atoms with van der Waals surface area (Å²) in [5.41, 5.74) is 11.3. The van der Waals surface area contributed by atoms with E-state index in [9.17, 15) is 4.39 Å². The smallest absolute Gasteiger partial charge is 0.138 e. The maximum absolute atomic E-state index is 12.3. The Hall–Kier alpha value is -3.08. The SMILES string of the molecule is Nc1ccc(-c2ccn3c(c2)nc2ccc(OCCF)cc23)cc1. The number of nitrogens with zero attached hydrogens (tertiary/aromatic N) is 2. The highest BCUT2D eigenvalue weighted by Gasteiger charge is 2.08. The summed E-state index contributed by atoms with van der Waals surface area (Å²) in [6.45, 7) is -0.445. The lowest BCUT2D eigenvalue weighted by molar-refractivity contribution is 0.273. The number of ether oxygens (including phenoxy) is 1. The molecule has 2 aromatic carbocycles. The van der Waals surface area contributed by atoms with Crippen molar-refractivity contribution in [3.8, 4) is 16.9 Å². The first-order valence-corrected chi connectivity index (χ1v) is 7.71. The number of hydrogen-bond donors (Lipinski definition) is 1. The van der Waals surface area contributed by atoms with Crippen LogP contribution in [0, 0.1) is 0 Å². The minimum Gasteiger partial charge on any atom is -0.491 e. The van der Waals surface area contributed by atoms with Gasteiger partial charge in [-0.2, -0.15) is 0 Å². The van der Waals surface area contributed by atoms with Gasteiger partial charge >= 0.3 is 0 Å². The average molecular weight is 321 g/mol. The standard InChI is InChI=1S/C19H16FN3O/c20-8-10-24-16-5-6-17-18(12-16)23-9-7-14(11-19(23)22-17)13-1-3-15(21)4-2-13/h1-7,9,11-12H,8,10,21H2. The van der Waals surface area contributed by atoms with Crippen LogP contribution in [0.5, 0.6) is 5.75 Å². The first kappa shape index (κ1) is 14.5. The Kier molecular flexibility index (Phi) is 3.54. The summed E-state index contributed by atoms with van der Waals surface area (Å²) >= 11 is 0. The van der Waals surface area contributed by atoms with Crippen molar-refractivity contribution in [1.82, 2.24) is 9.38 Å². The number of nitrogen functional groups attached to an aromatic ring is 1. The molecule has 2 heterocycles. The molecule has 0 atom stereocenters. The summed E-state index contributed by atoms with van der Waals surface area (Å²) in [7, 11) is 0. The molecule has 0 fully saturated rings. The van der Waals surface area contributed by atoms with Gasteiger partial charge in [0.1, 0.15) is 24.7 Å². The van der Waals surface area contributed by atoms with E-state index in [1.165, 1.54) is 0 Å². The third-order valence-electron chi connectivity index (χ3n) is 3.97. The predicted octanol–water partition coefficient (Wildman–Crippen LogP) is 4.09. The summed E-state index contributed by atoms with van der Waals surface area (Å²) in [6.07, 6.45) is 1.98. The van der Waals surface area contributed by atoms with Crippen LogP contribution in [0.3, 0.4) is 0 Å². The van der Waals surface area contributed by atoms with Gasteiger partial charge in [0.15, 0.2) is 0 Å². The fourth-order valence-electron chi connectivity index (χ4n) is 2.79. The fourth-order valence-corrected chi connectivity index (χ4v) is 2.79. The number of pyridine rings is 1. The van der Waals surface area contributed by atoms with Crippen molar-refractivity contribution in [2.45, 2.75) is 0 Å². The lowest BCUT2D eigenvalue weighted by atomic mass is 10.1. The normalized spacial score (nSPS) is 11.2. The van der Waals surface area contributed by atoms with Gasteiger partial charge in [0.25, 0.3) is 0 Å². The number of hydrogen-bond acceptors (Lipinski definition) is 3. The summed E-state index contributed by atoms with van der Waals surface area (Å²) in [6, 6.07) is 17.4. The number of rotatable bonds is 4. The lowest BCUT2D eigenvalue weighted by Gasteiger charge is -2.05. The maximum Gasteiger partial charge on any atom is 0.138 e. The number of benzene rings is 2. The monoisotopic (exact) mass is 321 g/mol. The molecule has 0 bridgehead atoms. The van der Waals surface area contributed by atoms with Crippen LogP contribution in [0.2, 0.25) is 0 Å². The van der Waals surface area contributed by atoms with E-state index in [4.69, 9.17) is 10.5 Å². The lowest BCUT2D eigenvalue weighted by Crippen LogP contribution is -1.98. The molecule has 0 aliphatic heterocycles. The molecule has 0 aliphatic rings. The largest absolute Gasteiger partial charge is 0.491 e. The van der Waals surface area contributed by atoms with Crippen LogP contribution < -0.4 is 10.5 Å². The quantitative estimate of drug-likeness (QED) is 0.576. The van der Waals surface area contributed by atoms with Gasteiger partial charge in [0.05, 0.1) is 11.0 Å². The molecule has 0 saturated heterocycles. The topological polar surface area (TPSA) is 52.5 Å². The number of fused-ring (bicyclic) bond motifs is 3. The Balaban J connectivity index is 1.80. The van der Waals surface area contributed by atoms with E-state index in [1.807, 2.05) is 65.2 Å². The van der Waals surface area contributed by atoms with Crippen molar-refractivity contribution in [1.29, 1.82) is 0 Å². The van der Waals surface area contributed by atoms with Crippen molar-refractivity contribution in [2.75, 3.05) is 19.0 Å². The predicted molar refractivity (Wildman–Crippen MR) is 94.0 cm³/mol. The van der Waals surface area contributed by atoms with Gasteiger partial charge < -0.3 is 10.5 Å². The molecule has 24 heavy (non-hydrogen) atoms. The highest BCUT2D eigenvalue weighted by Crippen LogP contribution is 2.26. The second-order valence-electron chi connectivity index (χ2n) is 5.57. The zero-order valence-electron chi connectivity index (χ0n) is 12.9. The number of anilines is 1. The molecular formula is C19H16FN3O. The van der Waals surface area contributed by atoms with Crippen molar-refractivity contribution < 1.29 is 9.13 Å². The molecule has 2 N–H and O–H groups in total. The first-order chi connectivity index (χ1) is 11.7. The second-order valence-corrected chi connectivity index (χ2v) is 5.57. The van der Waals surface area contributed by atoms with Crippen molar-refractivity contribution in [3.05, 3.63) is 60.8 Å². The van der Waals surface area contributed by atoms with Crippen LogP contribution in [0.4, 0.5) is 10.1 Å². The summed E-state index contributed by atoms with van der Waals surface area (Å²) < 4.78 is 19.6. The molecule has 0 spiro atoms. The van der Waals surface area contributed by atoms with Crippen LogP contribution in [-0.2, 0) is 0 Å². The Morgan fingerprint density at radius 2 is 1.83 bits per heavy atom. The Morgan fingerprint density at radius 3 is 2.62 bits per heavy atom. The third-order valence-corrected chi connectivity index (χ3v) is 3.97. The van der Waals surface area contributed by atoms with Crippen LogP contribution in [-0.4, -0.2) is 22.7 Å². The van der Waals surface area contributed by atoms with Gasteiger partial charge in [-0.25, -0.2) is 9.37 Å². The summed E-state index contributed by atoms with van der Waals surface area (Å²) in [5, 5.41) is 0. The van der Waals surface area contributed by atoms with Gasteiger partial charge in [-0.05, 0) is 47.5 Å². The molecule has 0 radical (unpaired) electrons. The van der Waals surface area contributed by atoms with Crippen molar-refractivity contribution >= 4 is 22.4 Å². The Morgan fingerprint density at radius 1 is 1.00 bits per heavy atom. The number of imidazole rings is 1. The summed E-state index contributed by atoms with van der Waals surface area (Å²) in [4.78, 5) is 4.65. The highest BCUT2D eigenvalue weighted by atomic mass is 19.1. The molecular weight excluding hydrogens is 305 g/mol. The van der Waals surface area contributed by atoms with Gasteiger partial charge in [-0.3, -0.25) is 4.40 Å². The van der Waals surface area contributed by atoms with Crippen LogP contribution in [0.1, 0.15) is 0 Å². The van der Waals surface area contributed by atoms with Crippen LogP contribution >= 0.6 is 0 Å². The minimum atomic E-state index is -0.504. The maximum atomic E-state index is 12.3. The van der Waals surface area contributed by atoms with Crippen molar-refractivity contribution in [3.63, 3.8) is 0 Å². The second kappa shape index (κ2) is 5.85. The average Bonchev–Trinajstić information content (AvgIpc) is 2.97. The van der Waals surface area contributed by atoms with E-state index in [-0.39, 0.29) is 6.61 Å². The molecule has 0 saturated carbocycles. The number of alkyl halides is 1. The number of halogens is 1. The molecule has 0 amide bonds. The highest BCUT2D eigenvalue weighted by molar-refractivity contribution is 5.83. The Bertz CT molecular complexity index is 1010. The van der Waals surface area contributed by atoms with Crippen LogP contribution in [0.25, 0.3) is 27.8 Å². The van der Waals surface area contributed by atoms with Crippen LogP contribution in [0.15, 0.2) is 60.8 Å². The van der Waals surface area contributed by atoms with E-state index in [1.54, 1.807) is 0 Å². The molecule has 2 aromatic heterocycles. The van der Waals surface area contributed by atoms with Gasteiger partial charge in [0.2, 0.25) is 0 Å². The number of nitrogens with two attached hydrogens (primary N) is 1. The van der Waals surface area contributed by atoms with E-state index in [0.29, 0.717) is 5.75 Å². The number of aromatic nitrogens is 2. The zero-order chi connectivity index (χ0) is 16.5. The molecule has 0 aliphatic carbocycles. The third kappa shape index (κ3) is 2.54. The molecule has 5 heteroatoms. The molecule has 120 valence electrons. The Labute approximate surface area is 138 Å².